The van der Waals surface area contributed by atoms with E-state index in [0.29, 0.717) is 18.7 Å². The van der Waals surface area contributed by atoms with Crippen LogP contribution in [0.5, 0.6) is 0 Å². The number of nitrogens with one attached hydrogen (secondary N) is 1. The molecule has 0 radical (unpaired) electrons. The Morgan fingerprint density at radius 2 is 1.66 bits per heavy atom. The summed E-state index contributed by atoms with van der Waals surface area (Å²) in [6.45, 7) is 7.99. The molecule has 1 heterocycles. The molecule has 3 rings (SSSR count). The molecule has 0 spiro atoms. The number of aryl methyl sites for hydroxylation is 2. The minimum atomic E-state index is -1.10. The number of aromatic nitrogens is 1. The van der Waals surface area contributed by atoms with Crippen LogP contribution in [0.4, 0.5) is 0 Å². The highest BCUT2D eigenvalue weighted by Crippen LogP contribution is 2.24. The Morgan fingerprint density at radius 3 is 2.34 bits per heavy atom. The summed E-state index contributed by atoms with van der Waals surface area (Å²) in [5.41, 5.74) is 6.62. The molecule has 1 aromatic heterocycles. The van der Waals surface area contributed by atoms with Crippen molar-refractivity contribution in [2.75, 3.05) is 6.54 Å². The minimum Gasteiger partial charge on any atom is -0.545 e. The van der Waals surface area contributed by atoms with E-state index in [0.717, 1.165) is 36.3 Å². The first kappa shape index (κ1) is 20.9. The van der Waals surface area contributed by atoms with Gasteiger partial charge in [-0.2, -0.15) is 0 Å². The molecule has 0 unspecified atom stereocenters. The molecule has 4 nitrogen and oxygen atoms in total. The first-order chi connectivity index (χ1) is 14.0. The van der Waals surface area contributed by atoms with Crippen LogP contribution in [0.15, 0.2) is 54.6 Å². The van der Waals surface area contributed by atoms with Crippen LogP contribution in [0.3, 0.4) is 0 Å². The second-order valence-electron chi connectivity index (χ2n) is 7.59. The number of hydrogen-bond acceptors (Lipinski definition) is 3. The summed E-state index contributed by atoms with van der Waals surface area (Å²) in [5.74, 6) is -1.10. The number of carboxylic acid groups (broad SMARTS) is 1. The first-order valence-corrected chi connectivity index (χ1v) is 10.2. The highest BCUT2D eigenvalue weighted by molar-refractivity contribution is 5.89. The molecule has 4 heteroatoms. The Morgan fingerprint density at radius 1 is 0.966 bits per heavy atom. The second kappa shape index (κ2) is 9.57. The van der Waals surface area contributed by atoms with Gasteiger partial charge < -0.3 is 19.8 Å². The van der Waals surface area contributed by atoms with E-state index in [-0.39, 0.29) is 0 Å². The van der Waals surface area contributed by atoms with Crippen LogP contribution in [-0.2, 0) is 19.5 Å². The fourth-order valence-electron chi connectivity index (χ4n) is 3.91. The summed E-state index contributed by atoms with van der Waals surface area (Å²) < 4.78 is 2.09. The molecule has 0 atom stereocenters. The summed E-state index contributed by atoms with van der Waals surface area (Å²) in [5, 5.41) is 15.3. The van der Waals surface area contributed by atoms with Gasteiger partial charge in [0.15, 0.2) is 0 Å². The Bertz CT molecular complexity index is 974. The van der Waals surface area contributed by atoms with Crippen LogP contribution in [0.1, 0.15) is 50.4 Å². The van der Waals surface area contributed by atoms with Crippen molar-refractivity contribution in [1.29, 1.82) is 0 Å². The highest BCUT2D eigenvalue weighted by atomic mass is 16.4. The van der Waals surface area contributed by atoms with Gasteiger partial charge in [0.1, 0.15) is 0 Å². The lowest BCUT2D eigenvalue weighted by Crippen LogP contribution is -2.26. The zero-order valence-electron chi connectivity index (χ0n) is 17.5. The molecule has 0 amide bonds. The van der Waals surface area contributed by atoms with Crippen molar-refractivity contribution in [3.05, 3.63) is 93.8 Å². The molecular weight excluding hydrogens is 360 g/mol. The Kier molecular flexibility index (Phi) is 6.89. The molecule has 2 aromatic carbocycles. The molecule has 0 saturated heterocycles. The van der Waals surface area contributed by atoms with Crippen molar-refractivity contribution in [3.63, 3.8) is 0 Å². The Labute approximate surface area is 173 Å². The lowest BCUT2D eigenvalue weighted by atomic mass is 10.1. The van der Waals surface area contributed by atoms with E-state index >= 15 is 0 Å². The van der Waals surface area contributed by atoms with E-state index in [1.807, 2.05) is 32.0 Å². The number of hydrogen-bond donors (Lipinski definition) is 1. The molecule has 0 aliphatic heterocycles. The average Bonchev–Trinajstić information content (AvgIpc) is 2.94. The number of benzene rings is 2. The molecule has 29 heavy (non-hydrogen) atoms. The standard InChI is InChI=1S/C25H30N2O2/c1-18-10-7-8-14-22(18)17-27-19(2)23(24(20(27)3)25(28)29)16-26-15-9-13-21-11-5-4-6-12-21/h4-8,10-12,14,26H,9,13,15-17H2,1-3H3,(H,28,29)/p-1. The molecule has 0 saturated carbocycles. The summed E-state index contributed by atoms with van der Waals surface area (Å²) in [7, 11) is 0. The maximum absolute atomic E-state index is 11.8. The number of aromatic carboxylic acids is 1. The molecule has 1 N–H and O–H groups in total. The van der Waals surface area contributed by atoms with Gasteiger partial charge in [0.25, 0.3) is 0 Å². The van der Waals surface area contributed by atoms with Gasteiger partial charge in [-0.15, -0.1) is 0 Å². The monoisotopic (exact) mass is 389 g/mol. The molecule has 0 fully saturated rings. The fraction of sp³-hybridized carbons (Fsp3) is 0.320. The smallest absolute Gasteiger partial charge is 0.0736 e. The van der Waals surface area contributed by atoms with Gasteiger partial charge in [0.2, 0.25) is 0 Å². The third-order valence-corrected chi connectivity index (χ3v) is 5.67. The highest BCUT2D eigenvalue weighted by Gasteiger charge is 2.18. The molecule has 0 bridgehead atoms. The van der Waals surface area contributed by atoms with Crippen molar-refractivity contribution in [3.8, 4) is 0 Å². The van der Waals surface area contributed by atoms with Crippen LogP contribution < -0.4 is 10.4 Å². The van der Waals surface area contributed by atoms with Gasteiger partial charge in [-0.1, -0.05) is 54.6 Å². The van der Waals surface area contributed by atoms with E-state index in [9.17, 15) is 9.90 Å². The van der Waals surface area contributed by atoms with Crippen LogP contribution in [-0.4, -0.2) is 17.1 Å². The van der Waals surface area contributed by atoms with E-state index in [4.69, 9.17) is 0 Å². The van der Waals surface area contributed by atoms with Crippen molar-refractivity contribution >= 4 is 5.97 Å². The summed E-state index contributed by atoms with van der Waals surface area (Å²) in [6.07, 6.45) is 2.01. The number of carbonyl (C=O) groups excluding carboxylic acids is 1. The number of carbonyl (C=O) groups is 1. The molecule has 152 valence electrons. The third-order valence-electron chi connectivity index (χ3n) is 5.67. The predicted octanol–water partition coefficient (Wildman–Crippen LogP) is 3.55. The minimum absolute atomic E-state index is 0.326. The Hall–Kier alpha value is -2.85. The topological polar surface area (TPSA) is 57.1 Å². The number of rotatable bonds is 9. The quantitative estimate of drug-likeness (QED) is 0.570. The lowest BCUT2D eigenvalue weighted by Gasteiger charge is -2.12. The lowest BCUT2D eigenvalue weighted by molar-refractivity contribution is -0.255. The van der Waals surface area contributed by atoms with Crippen molar-refractivity contribution in [2.24, 2.45) is 0 Å². The van der Waals surface area contributed by atoms with Gasteiger partial charge in [0, 0.05) is 30.0 Å². The summed E-state index contributed by atoms with van der Waals surface area (Å²) >= 11 is 0. The second-order valence-corrected chi connectivity index (χ2v) is 7.59. The van der Waals surface area contributed by atoms with Crippen LogP contribution in [0, 0.1) is 20.8 Å². The van der Waals surface area contributed by atoms with Gasteiger partial charge in [-0.05, 0) is 62.4 Å². The van der Waals surface area contributed by atoms with E-state index in [1.165, 1.54) is 16.7 Å². The maximum Gasteiger partial charge on any atom is 0.0736 e. The molecule has 3 aromatic rings. The van der Waals surface area contributed by atoms with Gasteiger partial charge >= 0.3 is 0 Å². The Balaban J connectivity index is 1.70. The van der Waals surface area contributed by atoms with Crippen molar-refractivity contribution < 1.29 is 9.90 Å². The first-order valence-electron chi connectivity index (χ1n) is 10.2. The fourth-order valence-corrected chi connectivity index (χ4v) is 3.91. The molecular formula is C25H29N2O2-. The predicted molar refractivity (Wildman–Crippen MR) is 115 cm³/mol. The van der Waals surface area contributed by atoms with E-state index in [1.54, 1.807) is 0 Å². The van der Waals surface area contributed by atoms with E-state index in [2.05, 4.69) is 53.2 Å². The van der Waals surface area contributed by atoms with Crippen molar-refractivity contribution in [1.82, 2.24) is 9.88 Å². The number of nitrogens with zero attached hydrogens (tertiary/aromatic N) is 1. The summed E-state index contributed by atoms with van der Waals surface area (Å²) in [4.78, 5) is 11.8. The largest absolute Gasteiger partial charge is 0.545 e. The van der Waals surface area contributed by atoms with E-state index < -0.39 is 5.97 Å². The maximum atomic E-state index is 11.8. The van der Waals surface area contributed by atoms with Crippen LogP contribution >= 0.6 is 0 Å². The average molecular weight is 390 g/mol. The zero-order chi connectivity index (χ0) is 20.8. The van der Waals surface area contributed by atoms with Crippen LogP contribution in [0.25, 0.3) is 0 Å². The van der Waals surface area contributed by atoms with Crippen molar-refractivity contribution in [2.45, 2.75) is 46.7 Å². The molecule has 0 aliphatic carbocycles. The van der Waals surface area contributed by atoms with Gasteiger partial charge in [-0.3, -0.25) is 0 Å². The molecule has 0 aliphatic rings. The SMILES string of the molecule is Cc1ccccc1Cn1c(C)c(CNCCCc2ccccc2)c(C(=O)[O-])c1C. The third kappa shape index (κ3) is 4.96. The van der Waals surface area contributed by atoms with Gasteiger partial charge in [-0.25, -0.2) is 0 Å². The van der Waals surface area contributed by atoms with Crippen LogP contribution in [0.2, 0.25) is 0 Å². The zero-order valence-corrected chi connectivity index (χ0v) is 17.5. The summed E-state index contributed by atoms with van der Waals surface area (Å²) in [6, 6.07) is 18.6. The number of carboxylic acids is 1. The normalized spacial score (nSPS) is 11.0. The van der Waals surface area contributed by atoms with Gasteiger partial charge in [0.05, 0.1) is 5.97 Å².